The number of carbonyl (C=O) groups excluding carboxylic acids is 2. The molecule has 28 heavy (non-hydrogen) atoms. The SMILES string of the molecule is O=C1NN(c2ccc(Cl)cc2)C(=O)C1=Cc1ccc(-c2ccc(Cl)cc2Cl)o1. The van der Waals surface area contributed by atoms with Gasteiger partial charge in [-0.2, -0.15) is 0 Å². The van der Waals surface area contributed by atoms with E-state index in [1.807, 2.05) is 0 Å². The van der Waals surface area contributed by atoms with Gasteiger partial charge in [0.2, 0.25) is 0 Å². The first-order valence-electron chi connectivity index (χ1n) is 8.10. The van der Waals surface area contributed by atoms with Crippen molar-refractivity contribution >= 4 is 58.4 Å². The molecule has 0 aliphatic carbocycles. The van der Waals surface area contributed by atoms with Gasteiger partial charge in [0.25, 0.3) is 11.8 Å². The molecule has 0 saturated carbocycles. The maximum Gasteiger partial charge on any atom is 0.282 e. The molecule has 1 aromatic heterocycles. The lowest BCUT2D eigenvalue weighted by molar-refractivity contribution is -0.117. The van der Waals surface area contributed by atoms with Crippen LogP contribution < -0.4 is 10.4 Å². The molecule has 0 unspecified atom stereocenters. The van der Waals surface area contributed by atoms with Crippen LogP contribution in [0.15, 0.2) is 64.6 Å². The number of hydrogen-bond donors (Lipinski definition) is 1. The van der Waals surface area contributed by atoms with Crippen LogP contribution in [0, 0.1) is 0 Å². The van der Waals surface area contributed by atoms with Gasteiger partial charge in [0, 0.05) is 15.6 Å². The largest absolute Gasteiger partial charge is 0.457 e. The minimum absolute atomic E-state index is 0.0435. The lowest BCUT2D eigenvalue weighted by atomic mass is 10.2. The quantitative estimate of drug-likeness (QED) is 0.446. The van der Waals surface area contributed by atoms with Crippen LogP contribution in [0.3, 0.4) is 0 Å². The van der Waals surface area contributed by atoms with E-state index in [2.05, 4.69) is 5.43 Å². The van der Waals surface area contributed by atoms with Gasteiger partial charge in [0.15, 0.2) is 0 Å². The fraction of sp³-hybridized carbons (Fsp3) is 0. The summed E-state index contributed by atoms with van der Waals surface area (Å²) >= 11 is 18.0. The number of nitrogens with zero attached hydrogens (tertiary/aromatic N) is 1. The number of carbonyl (C=O) groups is 2. The summed E-state index contributed by atoms with van der Waals surface area (Å²) in [6, 6.07) is 14.9. The summed E-state index contributed by atoms with van der Waals surface area (Å²) in [5, 5.41) is 2.63. The predicted octanol–water partition coefficient (Wildman–Crippen LogP) is 5.37. The van der Waals surface area contributed by atoms with Crippen LogP contribution in [0.1, 0.15) is 5.76 Å². The molecule has 2 amide bonds. The van der Waals surface area contributed by atoms with Crippen LogP contribution in [0.5, 0.6) is 0 Å². The molecule has 140 valence electrons. The van der Waals surface area contributed by atoms with Crippen molar-refractivity contribution in [3.8, 4) is 11.3 Å². The molecular formula is C20H11Cl3N2O3. The fourth-order valence-electron chi connectivity index (χ4n) is 2.74. The van der Waals surface area contributed by atoms with Crippen molar-refractivity contribution in [1.29, 1.82) is 0 Å². The zero-order chi connectivity index (χ0) is 19.8. The van der Waals surface area contributed by atoms with Gasteiger partial charge in [-0.3, -0.25) is 15.0 Å². The molecular weight excluding hydrogens is 423 g/mol. The van der Waals surface area contributed by atoms with Crippen molar-refractivity contribution in [1.82, 2.24) is 5.43 Å². The molecule has 5 nitrogen and oxygen atoms in total. The molecule has 8 heteroatoms. The van der Waals surface area contributed by atoms with Crippen molar-refractivity contribution in [2.45, 2.75) is 0 Å². The molecule has 0 atom stereocenters. The summed E-state index contributed by atoms with van der Waals surface area (Å²) in [5.74, 6) is -0.177. The number of halogens is 3. The summed E-state index contributed by atoms with van der Waals surface area (Å²) in [6.45, 7) is 0. The van der Waals surface area contributed by atoms with E-state index in [0.29, 0.717) is 37.8 Å². The van der Waals surface area contributed by atoms with E-state index < -0.39 is 11.8 Å². The van der Waals surface area contributed by atoms with Gasteiger partial charge in [-0.15, -0.1) is 0 Å². The molecule has 0 radical (unpaired) electrons. The predicted molar refractivity (Wildman–Crippen MR) is 109 cm³/mol. The Morgan fingerprint density at radius 2 is 1.61 bits per heavy atom. The molecule has 1 saturated heterocycles. The molecule has 4 rings (SSSR count). The maximum absolute atomic E-state index is 12.6. The van der Waals surface area contributed by atoms with Crippen LogP contribution in [0.2, 0.25) is 15.1 Å². The third-order valence-electron chi connectivity index (χ3n) is 4.09. The smallest absolute Gasteiger partial charge is 0.282 e. The van der Waals surface area contributed by atoms with Crippen LogP contribution in [0.4, 0.5) is 5.69 Å². The van der Waals surface area contributed by atoms with E-state index in [1.54, 1.807) is 54.6 Å². The highest BCUT2D eigenvalue weighted by atomic mass is 35.5. The lowest BCUT2D eigenvalue weighted by Gasteiger charge is -2.14. The molecule has 2 aromatic carbocycles. The minimum Gasteiger partial charge on any atom is -0.457 e. The molecule has 1 N–H and O–H groups in total. The molecule has 1 aliphatic heterocycles. The van der Waals surface area contributed by atoms with Gasteiger partial charge in [-0.1, -0.05) is 34.8 Å². The number of furan rings is 1. The standard InChI is InChI=1S/C20H11Cl3N2O3/c21-11-1-4-13(5-2-11)25-20(27)16(19(26)24-25)10-14-6-8-18(28-14)15-7-3-12(22)9-17(15)23/h1-10H,(H,24,26). The summed E-state index contributed by atoms with van der Waals surface area (Å²) in [4.78, 5) is 24.9. The molecule has 2 heterocycles. The molecule has 1 fully saturated rings. The Morgan fingerprint density at radius 3 is 2.32 bits per heavy atom. The number of anilines is 1. The van der Waals surface area contributed by atoms with Crippen LogP contribution in [0.25, 0.3) is 17.4 Å². The Kier molecular flexibility index (Phi) is 4.89. The second-order valence-corrected chi connectivity index (χ2v) is 7.22. The Bertz CT molecular complexity index is 1120. The van der Waals surface area contributed by atoms with E-state index in [0.717, 1.165) is 5.01 Å². The average Bonchev–Trinajstić information content (AvgIpc) is 3.23. The van der Waals surface area contributed by atoms with Crippen molar-refractivity contribution in [3.63, 3.8) is 0 Å². The second-order valence-electron chi connectivity index (χ2n) is 5.94. The number of benzene rings is 2. The fourth-order valence-corrected chi connectivity index (χ4v) is 3.36. The summed E-state index contributed by atoms with van der Waals surface area (Å²) in [6.07, 6.45) is 1.39. The van der Waals surface area contributed by atoms with Gasteiger partial charge in [-0.05, 0) is 60.7 Å². The second kappa shape index (κ2) is 7.36. The van der Waals surface area contributed by atoms with Gasteiger partial charge in [0.05, 0.1) is 10.7 Å². The number of hydrazine groups is 1. The van der Waals surface area contributed by atoms with Crippen molar-refractivity contribution in [3.05, 3.63) is 81.0 Å². The first kappa shape index (κ1) is 18.6. The van der Waals surface area contributed by atoms with Crippen molar-refractivity contribution in [2.24, 2.45) is 0 Å². The van der Waals surface area contributed by atoms with Crippen molar-refractivity contribution < 1.29 is 14.0 Å². The monoisotopic (exact) mass is 432 g/mol. The maximum atomic E-state index is 12.6. The Morgan fingerprint density at radius 1 is 0.893 bits per heavy atom. The Hall–Kier alpha value is -2.73. The van der Waals surface area contributed by atoms with E-state index in [9.17, 15) is 9.59 Å². The van der Waals surface area contributed by atoms with Gasteiger partial charge >= 0.3 is 0 Å². The summed E-state index contributed by atoms with van der Waals surface area (Å²) in [5.41, 5.74) is 3.63. The van der Waals surface area contributed by atoms with E-state index in [-0.39, 0.29) is 5.57 Å². The third-order valence-corrected chi connectivity index (χ3v) is 4.89. The highest BCUT2D eigenvalue weighted by molar-refractivity contribution is 6.36. The molecule has 0 spiro atoms. The van der Waals surface area contributed by atoms with Crippen LogP contribution in [-0.2, 0) is 9.59 Å². The highest BCUT2D eigenvalue weighted by Crippen LogP contribution is 2.32. The Balaban J connectivity index is 1.62. The number of nitrogens with one attached hydrogen (secondary N) is 1. The Labute approximate surface area is 175 Å². The number of rotatable bonds is 3. The minimum atomic E-state index is -0.526. The molecule has 1 aliphatic rings. The van der Waals surface area contributed by atoms with Gasteiger partial charge in [-0.25, -0.2) is 5.01 Å². The zero-order valence-corrected chi connectivity index (χ0v) is 16.3. The number of amides is 2. The molecule has 0 bridgehead atoms. The topological polar surface area (TPSA) is 62.6 Å². The van der Waals surface area contributed by atoms with Crippen LogP contribution in [-0.4, -0.2) is 11.8 Å². The number of hydrogen-bond acceptors (Lipinski definition) is 3. The van der Waals surface area contributed by atoms with Crippen LogP contribution >= 0.6 is 34.8 Å². The van der Waals surface area contributed by atoms with E-state index in [1.165, 1.54) is 6.08 Å². The summed E-state index contributed by atoms with van der Waals surface area (Å²) < 4.78 is 5.73. The first-order chi connectivity index (χ1) is 13.4. The normalized spacial score (nSPS) is 15.4. The average molecular weight is 434 g/mol. The van der Waals surface area contributed by atoms with Crippen molar-refractivity contribution in [2.75, 3.05) is 5.01 Å². The van der Waals surface area contributed by atoms with E-state index >= 15 is 0 Å². The summed E-state index contributed by atoms with van der Waals surface area (Å²) in [7, 11) is 0. The van der Waals surface area contributed by atoms with Gasteiger partial charge < -0.3 is 4.42 Å². The zero-order valence-electron chi connectivity index (χ0n) is 14.1. The van der Waals surface area contributed by atoms with Gasteiger partial charge in [0.1, 0.15) is 17.1 Å². The first-order valence-corrected chi connectivity index (χ1v) is 9.24. The third kappa shape index (κ3) is 3.52. The lowest BCUT2D eigenvalue weighted by Crippen LogP contribution is -2.35. The highest BCUT2D eigenvalue weighted by Gasteiger charge is 2.34. The van der Waals surface area contributed by atoms with E-state index in [4.69, 9.17) is 39.2 Å². The molecule has 3 aromatic rings.